The number of ether oxygens (including phenoxy) is 2. The van der Waals surface area contributed by atoms with Crippen molar-refractivity contribution in [3.8, 4) is 0 Å². The number of carbonyl (C=O) groups excluding carboxylic acids is 2. The van der Waals surface area contributed by atoms with Gasteiger partial charge in [-0.15, -0.1) is 0 Å². The van der Waals surface area contributed by atoms with Crippen LogP contribution >= 0.6 is 0 Å². The number of nitrogens with two attached hydrogens (primary N) is 2. The summed E-state index contributed by atoms with van der Waals surface area (Å²) in [4.78, 5) is 23.6. The van der Waals surface area contributed by atoms with E-state index >= 15 is 0 Å². The third-order valence-corrected chi connectivity index (χ3v) is 2.24. The summed E-state index contributed by atoms with van der Waals surface area (Å²) in [5.74, 6) is -0.956. The van der Waals surface area contributed by atoms with E-state index in [2.05, 4.69) is 0 Å². The maximum Gasteiger partial charge on any atom is 0.308 e. The predicted molar refractivity (Wildman–Crippen MR) is 76.9 cm³/mol. The summed E-state index contributed by atoms with van der Waals surface area (Å²) in [7, 11) is 0. The Morgan fingerprint density at radius 1 is 0.850 bits per heavy atom. The molecule has 0 spiro atoms. The van der Waals surface area contributed by atoms with Crippen molar-refractivity contribution in [2.24, 2.45) is 11.5 Å². The molecule has 0 unspecified atom stereocenters. The van der Waals surface area contributed by atoms with Crippen molar-refractivity contribution in [3.63, 3.8) is 0 Å². The van der Waals surface area contributed by atoms with Gasteiger partial charge in [0, 0.05) is 12.1 Å². The van der Waals surface area contributed by atoms with Crippen LogP contribution in [0.2, 0.25) is 0 Å². The van der Waals surface area contributed by atoms with Gasteiger partial charge in [-0.05, 0) is 41.5 Å². The molecule has 0 fully saturated rings. The Morgan fingerprint density at radius 2 is 1.15 bits per heavy atom. The number of hydrogen-bond acceptors (Lipinski definition) is 6. The highest BCUT2D eigenvalue weighted by molar-refractivity contribution is 5.75. The van der Waals surface area contributed by atoms with Gasteiger partial charge in [0.1, 0.15) is 11.2 Å². The van der Waals surface area contributed by atoms with Crippen LogP contribution in [-0.4, -0.2) is 35.2 Å². The van der Waals surface area contributed by atoms with Crippen molar-refractivity contribution in [1.29, 1.82) is 0 Å². The molecule has 0 aliphatic carbocycles. The first-order valence-corrected chi connectivity index (χ1v) is 6.69. The zero-order chi connectivity index (χ0) is 16.2. The molecule has 0 rings (SSSR count). The zero-order valence-electron chi connectivity index (χ0n) is 13.4. The van der Waals surface area contributed by atoms with Crippen LogP contribution in [0.4, 0.5) is 0 Å². The van der Waals surface area contributed by atoms with Gasteiger partial charge in [-0.2, -0.15) is 0 Å². The van der Waals surface area contributed by atoms with E-state index < -0.39 is 28.7 Å². The summed E-state index contributed by atoms with van der Waals surface area (Å²) in [6, 6.07) is 0. The molecule has 0 aliphatic heterocycles. The number of carbonyl (C=O) groups is 2. The van der Waals surface area contributed by atoms with E-state index in [1.54, 1.807) is 41.5 Å². The summed E-state index contributed by atoms with van der Waals surface area (Å²) in [5, 5.41) is 0. The van der Waals surface area contributed by atoms with Crippen LogP contribution in [0, 0.1) is 0 Å². The third-order valence-electron chi connectivity index (χ3n) is 2.24. The standard InChI is InChI=1S/C14H28N2O4/c1-12(2,3)19-10(17)7-14(16,9-15)8-11(18)20-13(4,5)6/h7-9,15-16H2,1-6H3. The van der Waals surface area contributed by atoms with Crippen molar-refractivity contribution in [3.05, 3.63) is 0 Å². The van der Waals surface area contributed by atoms with E-state index in [1.165, 1.54) is 0 Å². The van der Waals surface area contributed by atoms with E-state index in [1.807, 2.05) is 0 Å². The highest BCUT2D eigenvalue weighted by Crippen LogP contribution is 2.18. The van der Waals surface area contributed by atoms with E-state index in [0.29, 0.717) is 0 Å². The van der Waals surface area contributed by atoms with E-state index in [4.69, 9.17) is 20.9 Å². The average Bonchev–Trinajstić information content (AvgIpc) is 2.09. The molecule has 0 aliphatic rings. The Balaban J connectivity index is 4.62. The molecule has 0 radical (unpaired) electrons. The van der Waals surface area contributed by atoms with Crippen LogP contribution in [0.25, 0.3) is 0 Å². The fraction of sp³-hybridized carbons (Fsp3) is 0.857. The second-order valence-electron chi connectivity index (χ2n) is 7.09. The molecule has 0 atom stereocenters. The molecule has 0 aromatic rings. The smallest absolute Gasteiger partial charge is 0.308 e. The van der Waals surface area contributed by atoms with Gasteiger partial charge < -0.3 is 20.9 Å². The van der Waals surface area contributed by atoms with Crippen molar-refractivity contribution in [2.75, 3.05) is 6.54 Å². The Labute approximate surface area is 121 Å². The largest absolute Gasteiger partial charge is 0.460 e. The normalized spacial score (nSPS) is 13.0. The molecular weight excluding hydrogens is 260 g/mol. The van der Waals surface area contributed by atoms with E-state index in [-0.39, 0.29) is 19.4 Å². The van der Waals surface area contributed by atoms with Gasteiger partial charge in [0.25, 0.3) is 0 Å². The van der Waals surface area contributed by atoms with Gasteiger partial charge in [-0.25, -0.2) is 0 Å². The summed E-state index contributed by atoms with van der Waals surface area (Å²) >= 11 is 0. The Kier molecular flexibility index (Phi) is 6.17. The summed E-state index contributed by atoms with van der Waals surface area (Å²) in [6.07, 6.45) is -0.250. The predicted octanol–water partition coefficient (Wildman–Crippen LogP) is 1.11. The topological polar surface area (TPSA) is 105 Å². The monoisotopic (exact) mass is 288 g/mol. The first-order valence-electron chi connectivity index (χ1n) is 6.69. The van der Waals surface area contributed by atoms with Crippen molar-refractivity contribution < 1.29 is 19.1 Å². The zero-order valence-corrected chi connectivity index (χ0v) is 13.4. The van der Waals surface area contributed by atoms with Crippen LogP contribution in [0.15, 0.2) is 0 Å². The molecule has 0 aromatic carbocycles. The maximum absolute atomic E-state index is 11.8. The molecule has 0 saturated heterocycles. The van der Waals surface area contributed by atoms with Crippen molar-refractivity contribution >= 4 is 11.9 Å². The lowest BCUT2D eigenvalue weighted by molar-refractivity contribution is -0.159. The SMILES string of the molecule is CC(C)(C)OC(=O)CC(N)(CN)CC(=O)OC(C)(C)C. The van der Waals surface area contributed by atoms with Gasteiger partial charge >= 0.3 is 11.9 Å². The summed E-state index contributed by atoms with van der Waals surface area (Å²) < 4.78 is 10.4. The lowest BCUT2D eigenvalue weighted by atomic mass is 9.92. The molecule has 4 N–H and O–H groups in total. The van der Waals surface area contributed by atoms with Gasteiger partial charge in [-0.3, -0.25) is 9.59 Å². The quantitative estimate of drug-likeness (QED) is 0.734. The van der Waals surface area contributed by atoms with Crippen LogP contribution in [0.1, 0.15) is 54.4 Å². The highest BCUT2D eigenvalue weighted by atomic mass is 16.6. The molecule has 0 saturated carbocycles. The molecule has 118 valence electrons. The first kappa shape index (κ1) is 18.9. The molecule has 6 nitrogen and oxygen atoms in total. The lowest BCUT2D eigenvalue weighted by Gasteiger charge is -2.29. The molecule has 0 amide bonds. The fourth-order valence-corrected chi connectivity index (χ4v) is 1.54. The van der Waals surface area contributed by atoms with E-state index in [0.717, 1.165) is 0 Å². The van der Waals surface area contributed by atoms with Gasteiger partial charge in [0.05, 0.1) is 12.8 Å². The molecule has 0 bridgehead atoms. The summed E-state index contributed by atoms with van der Waals surface area (Å²) in [6.45, 7) is 10.6. The molecule has 6 heteroatoms. The second kappa shape index (κ2) is 6.54. The number of esters is 2. The van der Waals surface area contributed by atoms with Crippen LogP contribution < -0.4 is 11.5 Å². The minimum atomic E-state index is -1.15. The lowest BCUT2D eigenvalue weighted by Crippen LogP contribution is -2.51. The van der Waals surface area contributed by atoms with Crippen LogP contribution in [0.3, 0.4) is 0 Å². The highest BCUT2D eigenvalue weighted by Gasteiger charge is 2.33. The van der Waals surface area contributed by atoms with E-state index in [9.17, 15) is 9.59 Å². The second-order valence-corrected chi connectivity index (χ2v) is 7.09. The van der Waals surface area contributed by atoms with Gasteiger partial charge in [0.15, 0.2) is 0 Å². The molecular formula is C14H28N2O4. The van der Waals surface area contributed by atoms with Crippen LogP contribution in [0.5, 0.6) is 0 Å². The Morgan fingerprint density at radius 3 is 1.35 bits per heavy atom. The number of rotatable bonds is 5. The molecule has 0 aromatic heterocycles. The van der Waals surface area contributed by atoms with Gasteiger partial charge in [-0.1, -0.05) is 0 Å². The first-order chi connectivity index (χ1) is 8.76. The average molecular weight is 288 g/mol. The minimum Gasteiger partial charge on any atom is -0.460 e. The van der Waals surface area contributed by atoms with Crippen molar-refractivity contribution in [2.45, 2.75) is 71.1 Å². The van der Waals surface area contributed by atoms with Gasteiger partial charge in [0.2, 0.25) is 0 Å². The number of hydrogen-bond donors (Lipinski definition) is 2. The third kappa shape index (κ3) is 8.87. The molecule has 0 heterocycles. The molecule has 20 heavy (non-hydrogen) atoms. The fourth-order valence-electron chi connectivity index (χ4n) is 1.54. The van der Waals surface area contributed by atoms with Crippen molar-refractivity contribution in [1.82, 2.24) is 0 Å². The minimum absolute atomic E-state index is 0.00845. The Hall–Kier alpha value is -1.14. The summed E-state index contributed by atoms with van der Waals surface area (Å²) in [5.41, 5.74) is 9.26. The Bertz CT molecular complexity index is 323. The van der Waals surface area contributed by atoms with Crippen LogP contribution in [-0.2, 0) is 19.1 Å². The maximum atomic E-state index is 11.8.